The van der Waals surface area contributed by atoms with Gasteiger partial charge in [-0.1, -0.05) is 23.2 Å². The van der Waals surface area contributed by atoms with Crippen LogP contribution in [0.2, 0.25) is 10.0 Å². The summed E-state index contributed by atoms with van der Waals surface area (Å²) in [6, 6.07) is 5.75. The first-order valence-electron chi connectivity index (χ1n) is 6.07. The number of nitrogens with one attached hydrogen (secondary N) is 1. The molecule has 1 aromatic rings. The van der Waals surface area contributed by atoms with Gasteiger partial charge in [-0.05, 0) is 57.5 Å². The summed E-state index contributed by atoms with van der Waals surface area (Å²) in [4.78, 5) is 0. The van der Waals surface area contributed by atoms with E-state index in [0.29, 0.717) is 5.02 Å². The number of halogens is 2. The fourth-order valence-corrected chi connectivity index (χ4v) is 2.26. The van der Waals surface area contributed by atoms with Crippen molar-refractivity contribution in [2.75, 3.05) is 14.2 Å². The van der Waals surface area contributed by atoms with E-state index in [1.807, 2.05) is 19.2 Å². The van der Waals surface area contributed by atoms with Crippen molar-refractivity contribution in [3.8, 4) is 0 Å². The molecule has 4 heteroatoms. The molecule has 1 aromatic carbocycles. The maximum atomic E-state index is 6.22. The van der Waals surface area contributed by atoms with Crippen molar-refractivity contribution in [2.24, 2.45) is 0 Å². The van der Waals surface area contributed by atoms with Crippen LogP contribution in [0.25, 0.3) is 0 Å². The van der Waals surface area contributed by atoms with Crippen LogP contribution in [0.4, 0.5) is 0 Å². The van der Waals surface area contributed by atoms with Gasteiger partial charge in [-0.3, -0.25) is 0 Å². The minimum absolute atomic E-state index is 0.125. The molecule has 1 unspecified atom stereocenters. The SMILES string of the molecule is CNC(CCC(C)(C)OC)c1cc(Cl)ccc1Cl. The highest BCUT2D eigenvalue weighted by Crippen LogP contribution is 2.30. The lowest BCUT2D eigenvalue weighted by molar-refractivity contribution is 0.0118. The maximum Gasteiger partial charge on any atom is 0.0623 e. The van der Waals surface area contributed by atoms with Gasteiger partial charge in [0.1, 0.15) is 0 Å². The molecule has 0 amide bonds. The Balaban J connectivity index is 2.80. The molecule has 1 N–H and O–H groups in total. The number of ether oxygens (including phenoxy) is 1. The summed E-state index contributed by atoms with van der Waals surface area (Å²) in [5.74, 6) is 0. The molecule has 0 saturated carbocycles. The molecule has 0 fully saturated rings. The molecule has 0 aromatic heterocycles. The summed E-state index contributed by atoms with van der Waals surface area (Å²) in [6.07, 6.45) is 1.88. The minimum atomic E-state index is -0.125. The molecule has 18 heavy (non-hydrogen) atoms. The Kier molecular flexibility index (Phi) is 5.93. The van der Waals surface area contributed by atoms with E-state index in [0.717, 1.165) is 23.4 Å². The number of rotatable bonds is 6. The molecule has 0 heterocycles. The van der Waals surface area contributed by atoms with Crippen molar-refractivity contribution >= 4 is 23.2 Å². The first kappa shape index (κ1) is 15.8. The van der Waals surface area contributed by atoms with Crippen molar-refractivity contribution in [2.45, 2.75) is 38.3 Å². The summed E-state index contributed by atoms with van der Waals surface area (Å²) in [5.41, 5.74) is 0.915. The van der Waals surface area contributed by atoms with Gasteiger partial charge in [-0.15, -0.1) is 0 Å². The second-order valence-corrected chi connectivity index (χ2v) is 5.85. The third kappa shape index (κ3) is 4.43. The fraction of sp³-hybridized carbons (Fsp3) is 0.571. The molecular formula is C14H21Cl2NO. The van der Waals surface area contributed by atoms with Gasteiger partial charge in [-0.25, -0.2) is 0 Å². The van der Waals surface area contributed by atoms with Crippen LogP contribution in [-0.4, -0.2) is 19.8 Å². The van der Waals surface area contributed by atoms with Gasteiger partial charge in [0, 0.05) is 23.2 Å². The van der Waals surface area contributed by atoms with Crippen LogP contribution >= 0.6 is 23.2 Å². The van der Waals surface area contributed by atoms with Gasteiger partial charge in [0.05, 0.1) is 5.60 Å². The Morgan fingerprint density at radius 2 is 2.00 bits per heavy atom. The van der Waals surface area contributed by atoms with Gasteiger partial charge in [0.15, 0.2) is 0 Å². The lowest BCUT2D eigenvalue weighted by Crippen LogP contribution is -2.26. The zero-order valence-electron chi connectivity index (χ0n) is 11.4. The molecule has 1 atom stereocenters. The number of methoxy groups -OCH3 is 1. The predicted molar refractivity (Wildman–Crippen MR) is 78.6 cm³/mol. The van der Waals surface area contributed by atoms with E-state index in [-0.39, 0.29) is 11.6 Å². The maximum absolute atomic E-state index is 6.22. The van der Waals surface area contributed by atoms with E-state index in [1.165, 1.54) is 0 Å². The molecule has 1 rings (SSSR count). The topological polar surface area (TPSA) is 21.3 Å². The van der Waals surface area contributed by atoms with Crippen molar-refractivity contribution in [1.82, 2.24) is 5.32 Å². The Morgan fingerprint density at radius 3 is 2.56 bits per heavy atom. The second-order valence-electron chi connectivity index (χ2n) is 5.01. The van der Waals surface area contributed by atoms with Crippen LogP contribution < -0.4 is 5.32 Å². The number of hydrogen-bond acceptors (Lipinski definition) is 2. The summed E-state index contributed by atoms with van der Waals surface area (Å²) in [7, 11) is 3.67. The lowest BCUT2D eigenvalue weighted by Gasteiger charge is -2.26. The quantitative estimate of drug-likeness (QED) is 0.835. The van der Waals surface area contributed by atoms with Crippen LogP contribution in [0, 0.1) is 0 Å². The highest BCUT2D eigenvalue weighted by atomic mass is 35.5. The van der Waals surface area contributed by atoms with Crippen molar-refractivity contribution in [3.63, 3.8) is 0 Å². The van der Waals surface area contributed by atoms with Gasteiger partial charge < -0.3 is 10.1 Å². The van der Waals surface area contributed by atoms with Crippen LogP contribution in [0.3, 0.4) is 0 Å². The molecule has 0 radical (unpaired) electrons. The molecule has 0 aliphatic carbocycles. The third-order valence-electron chi connectivity index (χ3n) is 3.27. The first-order chi connectivity index (χ1) is 8.39. The Morgan fingerprint density at radius 1 is 1.33 bits per heavy atom. The molecule has 0 aliphatic rings. The molecule has 2 nitrogen and oxygen atoms in total. The number of hydrogen-bond donors (Lipinski definition) is 1. The van der Waals surface area contributed by atoms with E-state index in [9.17, 15) is 0 Å². The third-order valence-corrected chi connectivity index (χ3v) is 3.85. The van der Waals surface area contributed by atoms with Crippen molar-refractivity contribution in [1.29, 1.82) is 0 Å². The van der Waals surface area contributed by atoms with E-state index in [4.69, 9.17) is 27.9 Å². The molecule has 0 saturated heterocycles. The van der Waals surface area contributed by atoms with E-state index in [2.05, 4.69) is 19.2 Å². The fourth-order valence-electron chi connectivity index (χ4n) is 1.83. The summed E-state index contributed by atoms with van der Waals surface area (Å²) in [5, 5.41) is 4.74. The zero-order valence-corrected chi connectivity index (χ0v) is 12.9. The highest BCUT2D eigenvalue weighted by molar-refractivity contribution is 6.33. The number of benzene rings is 1. The normalized spacial score (nSPS) is 13.7. The van der Waals surface area contributed by atoms with Gasteiger partial charge in [0.2, 0.25) is 0 Å². The highest BCUT2D eigenvalue weighted by Gasteiger charge is 2.20. The summed E-state index contributed by atoms with van der Waals surface area (Å²) < 4.78 is 5.44. The van der Waals surface area contributed by atoms with E-state index in [1.54, 1.807) is 13.2 Å². The van der Waals surface area contributed by atoms with Crippen molar-refractivity contribution in [3.05, 3.63) is 33.8 Å². The molecule has 0 spiro atoms. The largest absolute Gasteiger partial charge is 0.379 e. The minimum Gasteiger partial charge on any atom is -0.379 e. The van der Waals surface area contributed by atoms with Crippen LogP contribution in [0.15, 0.2) is 18.2 Å². The average Bonchev–Trinajstić information content (AvgIpc) is 2.34. The van der Waals surface area contributed by atoms with E-state index >= 15 is 0 Å². The Hall–Kier alpha value is -0.280. The van der Waals surface area contributed by atoms with Crippen LogP contribution in [0.1, 0.15) is 38.3 Å². The van der Waals surface area contributed by atoms with E-state index < -0.39 is 0 Å². The Bertz CT molecular complexity index is 393. The summed E-state index contributed by atoms with van der Waals surface area (Å²) >= 11 is 12.2. The average molecular weight is 290 g/mol. The van der Waals surface area contributed by atoms with Crippen LogP contribution in [0.5, 0.6) is 0 Å². The predicted octanol–water partition coefficient (Wildman–Crippen LogP) is 4.46. The van der Waals surface area contributed by atoms with Gasteiger partial charge in [-0.2, -0.15) is 0 Å². The molecule has 102 valence electrons. The first-order valence-corrected chi connectivity index (χ1v) is 6.82. The van der Waals surface area contributed by atoms with Gasteiger partial charge in [0.25, 0.3) is 0 Å². The molecular weight excluding hydrogens is 269 g/mol. The lowest BCUT2D eigenvalue weighted by atomic mass is 9.95. The van der Waals surface area contributed by atoms with Crippen LogP contribution in [-0.2, 0) is 4.74 Å². The zero-order chi connectivity index (χ0) is 13.8. The monoisotopic (exact) mass is 289 g/mol. The smallest absolute Gasteiger partial charge is 0.0623 e. The Labute approximate surface area is 120 Å². The summed E-state index contributed by atoms with van der Waals surface area (Å²) in [6.45, 7) is 4.17. The van der Waals surface area contributed by atoms with Crippen molar-refractivity contribution < 1.29 is 4.74 Å². The second kappa shape index (κ2) is 6.76. The van der Waals surface area contributed by atoms with Gasteiger partial charge >= 0.3 is 0 Å². The molecule has 0 bridgehead atoms. The molecule has 0 aliphatic heterocycles. The standard InChI is InChI=1S/C14H21Cl2NO/c1-14(2,18-4)8-7-13(17-3)11-9-10(15)5-6-12(11)16/h5-6,9,13,17H,7-8H2,1-4H3.